The highest BCUT2D eigenvalue weighted by Gasteiger charge is 2.56. The van der Waals surface area contributed by atoms with Crippen molar-refractivity contribution in [3.8, 4) is 5.75 Å². The molecule has 1 fully saturated rings. The molecule has 0 bridgehead atoms. The van der Waals surface area contributed by atoms with Crippen LogP contribution >= 0.6 is 0 Å². The normalized spacial score (nSPS) is 20.9. The van der Waals surface area contributed by atoms with Gasteiger partial charge in [-0.25, -0.2) is 0 Å². The molecule has 1 aliphatic carbocycles. The van der Waals surface area contributed by atoms with Gasteiger partial charge in [0.05, 0.1) is 5.52 Å². The second-order valence-electron chi connectivity index (χ2n) is 7.73. The summed E-state index contributed by atoms with van der Waals surface area (Å²) < 4.78 is 5.99. The topological polar surface area (TPSA) is 85.4 Å². The number of carbonyl (C=O) groups excluding carboxylic acids is 1. The molecule has 1 aliphatic rings. The number of carbonyl (C=O) groups is 1. The smallest absolute Gasteiger partial charge is 0.221 e. The molecule has 3 aromatic rings. The summed E-state index contributed by atoms with van der Waals surface area (Å²) >= 11 is 0. The van der Waals surface area contributed by atoms with Gasteiger partial charge in [0, 0.05) is 34.6 Å². The Kier molecular flexibility index (Phi) is 4.77. The molecule has 0 radical (unpaired) electrons. The Morgan fingerprint density at radius 2 is 2.00 bits per heavy atom. The van der Waals surface area contributed by atoms with Gasteiger partial charge in [-0.3, -0.25) is 9.78 Å². The van der Waals surface area contributed by atoms with E-state index in [0.29, 0.717) is 19.4 Å². The summed E-state index contributed by atoms with van der Waals surface area (Å²) in [6.07, 6.45) is 1.30. The molecule has 1 unspecified atom stereocenters. The molecule has 28 heavy (non-hydrogen) atoms. The first-order valence-corrected chi connectivity index (χ1v) is 9.48. The van der Waals surface area contributed by atoms with Gasteiger partial charge in [-0.2, -0.15) is 0 Å². The average Bonchev–Trinajstić information content (AvgIpc) is 3.42. The molecule has 4 rings (SSSR count). The molecule has 1 heterocycles. The van der Waals surface area contributed by atoms with Crippen LogP contribution in [0.15, 0.2) is 54.6 Å². The van der Waals surface area contributed by atoms with Crippen LogP contribution in [0.3, 0.4) is 0 Å². The fraction of sp³-hybridized carbons (Fsp3) is 0.304. The third kappa shape index (κ3) is 3.58. The number of pyridine rings is 1. The van der Waals surface area contributed by atoms with Crippen LogP contribution in [-0.4, -0.2) is 22.6 Å². The number of primary amides is 1. The molecule has 1 saturated carbocycles. The quantitative estimate of drug-likeness (QED) is 0.663. The molecule has 5 heteroatoms. The van der Waals surface area contributed by atoms with E-state index < -0.39 is 0 Å². The Balaban J connectivity index is 1.44. The minimum atomic E-state index is -0.387. The van der Waals surface area contributed by atoms with E-state index in [1.165, 1.54) is 0 Å². The fourth-order valence-electron chi connectivity index (χ4n) is 3.96. The molecule has 2 aromatic carbocycles. The summed E-state index contributed by atoms with van der Waals surface area (Å²) in [5.41, 5.74) is 9.12. The number of aliphatic hydroxyl groups excluding tert-OH is 1. The van der Waals surface area contributed by atoms with Crippen molar-refractivity contribution in [2.45, 2.75) is 26.4 Å². The van der Waals surface area contributed by atoms with E-state index in [-0.39, 0.29) is 23.8 Å². The summed E-state index contributed by atoms with van der Waals surface area (Å²) in [5.74, 6) is 0.230. The van der Waals surface area contributed by atoms with Crippen molar-refractivity contribution in [1.82, 2.24) is 4.98 Å². The van der Waals surface area contributed by atoms with E-state index in [1.807, 2.05) is 49.4 Å². The predicted molar refractivity (Wildman–Crippen MR) is 108 cm³/mol. The zero-order valence-corrected chi connectivity index (χ0v) is 15.9. The number of para-hydroxylation sites is 1. The maximum atomic E-state index is 11.4. The number of aromatic nitrogens is 1. The van der Waals surface area contributed by atoms with E-state index in [4.69, 9.17) is 10.5 Å². The van der Waals surface area contributed by atoms with Gasteiger partial charge in [0.2, 0.25) is 5.91 Å². The zero-order valence-electron chi connectivity index (χ0n) is 15.9. The first kappa shape index (κ1) is 18.4. The molecule has 3 N–H and O–H groups in total. The molecule has 2 atom stereocenters. The van der Waals surface area contributed by atoms with Gasteiger partial charge in [0.15, 0.2) is 0 Å². The van der Waals surface area contributed by atoms with Crippen LogP contribution in [-0.2, 0) is 17.8 Å². The lowest BCUT2D eigenvalue weighted by Gasteiger charge is -2.14. The summed E-state index contributed by atoms with van der Waals surface area (Å²) in [4.78, 5) is 16.0. The average molecular weight is 376 g/mol. The van der Waals surface area contributed by atoms with Crippen LogP contribution in [0.4, 0.5) is 0 Å². The number of hydrogen-bond acceptors (Lipinski definition) is 4. The minimum absolute atomic E-state index is 0.0205. The molecule has 1 aromatic heterocycles. The number of fused-ring (bicyclic) bond motifs is 1. The van der Waals surface area contributed by atoms with Crippen LogP contribution < -0.4 is 10.5 Å². The molecule has 1 amide bonds. The zero-order chi connectivity index (χ0) is 19.7. The van der Waals surface area contributed by atoms with Crippen molar-refractivity contribution in [2.24, 2.45) is 17.1 Å². The second-order valence-corrected chi connectivity index (χ2v) is 7.73. The third-order valence-corrected chi connectivity index (χ3v) is 5.65. The van der Waals surface area contributed by atoms with Crippen LogP contribution in [0.5, 0.6) is 5.75 Å². The number of ether oxygens (including phenoxy) is 1. The monoisotopic (exact) mass is 376 g/mol. The van der Waals surface area contributed by atoms with Gasteiger partial charge < -0.3 is 15.6 Å². The highest BCUT2D eigenvalue weighted by Crippen LogP contribution is 2.54. The summed E-state index contributed by atoms with van der Waals surface area (Å²) in [6, 6.07) is 17.9. The van der Waals surface area contributed by atoms with Gasteiger partial charge >= 0.3 is 0 Å². The number of nitrogens with zero attached hydrogens (tertiary/aromatic N) is 1. The number of rotatable bonds is 7. The van der Waals surface area contributed by atoms with Crippen molar-refractivity contribution in [3.63, 3.8) is 0 Å². The van der Waals surface area contributed by atoms with Gasteiger partial charge in [0.25, 0.3) is 0 Å². The Morgan fingerprint density at radius 3 is 2.68 bits per heavy atom. The first-order valence-electron chi connectivity index (χ1n) is 9.48. The molecule has 144 valence electrons. The summed E-state index contributed by atoms with van der Waals surface area (Å²) in [6.45, 7) is 2.43. The summed E-state index contributed by atoms with van der Waals surface area (Å²) in [7, 11) is 0. The first-order chi connectivity index (χ1) is 13.5. The number of benzene rings is 2. The largest absolute Gasteiger partial charge is 0.489 e. The third-order valence-electron chi connectivity index (χ3n) is 5.65. The highest BCUT2D eigenvalue weighted by molar-refractivity contribution is 5.82. The number of hydrogen-bond donors (Lipinski definition) is 2. The van der Waals surface area contributed by atoms with Crippen LogP contribution in [0, 0.1) is 18.3 Å². The lowest BCUT2D eigenvalue weighted by atomic mass is 9.94. The Hall–Kier alpha value is -2.92. The molecule has 0 saturated heterocycles. The molecule has 0 aliphatic heterocycles. The van der Waals surface area contributed by atoms with Crippen molar-refractivity contribution in [1.29, 1.82) is 0 Å². The van der Waals surface area contributed by atoms with E-state index in [1.54, 1.807) is 0 Å². The Bertz CT molecular complexity index is 1020. The molecular formula is C23H24N2O3. The van der Waals surface area contributed by atoms with E-state index >= 15 is 0 Å². The van der Waals surface area contributed by atoms with Gasteiger partial charge in [-0.1, -0.05) is 30.3 Å². The van der Waals surface area contributed by atoms with Crippen LogP contribution in [0.2, 0.25) is 0 Å². The number of nitrogens with two attached hydrogens (primary N) is 1. The van der Waals surface area contributed by atoms with E-state index in [9.17, 15) is 9.90 Å². The highest BCUT2D eigenvalue weighted by atomic mass is 16.5. The number of aryl methyl sites for hydroxylation is 1. The van der Waals surface area contributed by atoms with Crippen LogP contribution in [0.25, 0.3) is 10.9 Å². The predicted octanol–water partition coefficient (Wildman–Crippen LogP) is 3.15. The minimum Gasteiger partial charge on any atom is -0.489 e. The standard InChI is InChI=1S/C23H24N2O3/c1-15-10-17(19-4-2-3-5-21(19)25-15)13-28-18-8-6-16(7-9-18)11-23(14-26)12-20(23)22(24)27/h2-10,20,26H,11-14H2,1H3,(H2,24,27)/t20?,23-/m1/s1. The van der Waals surface area contributed by atoms with Gasteiger partial charge in [-0.15, -0.1) is 0 Å². The van der Waals surface area contributed by atoms with Gasteiger partial charge in [0.1, 0.15) is 12.4 Å². The van der Waals surface area contributed by atoms with E-state index in [2.05, 4.69) is 17.1 Å². The maximum absolute atomic E-state index is 11.4. The number of amides is 1. The SMILES string of the molecule is Cc1cc(COc2ccc(C[C@]3(CO)CC3C(N)=O)cc2)c2ccccc2n1. The van der Waals surface area contributed by atoms with Crippen molar-refractivity contribution < 1.29 is 14.6 Å². The Labute approximate surface area is 164 Å². The molecule has 5 nitrogen and oxygen atoms in total. The molecule has 0 spiro atoms. The Morgan fingerprint density at radius 1 is 1.25 bits per heavy atom. The number of aliphatic hydroxyl groups is 1. The molecular weight excluding hydrogens is 352 g/mol. The van der Waals surface area contributed by atoms with Gasteiger partial charge in [-0.05, 0) is 49.6 Å². The summed E-state index contributed by atoms with van der Waals surface area (Å²) in [5, 5.41) is 10.8. The van der Waals surface area contributed by atoms with E-state index in [0.717, 1.165) is 33.5 Å². The maximum Gasteiger partial charge on any atom is 0.221 e. The lowest BCUT2D eigenvalue weighted by Crippen LogP contribution is -2.22. The van der Waals surface area contributed by atoms with Crippen LogP contribution in [0.1, 0.15) is 23.2 Å². The van der Waals surface area contributed by atoms with Crippen molar-refractivity contribution in [2.75, 3.05) is 6.61 Å². The van der Waals surface area contributed by atoms with Crippen molar-refractivity contribution >= 4 is 16.8 Å². The fourth-order valence-corrected chi connectivity index (χ4v) is 3.96. The van der Waals surface area contributed by atoms with Crippen molar-refractivity contribution in [3.05, 3.63) is 71.4 Å². The lowest BCUT2D eigenvalue weighted by molar-refractivity contribution is -0.120. The second kappa shape index (κ2) is 7.24.